The Kier molecular flexibility index (Phi) is 5.47. The lowest BCUT2D eigenvalue weighted by Crippen LogP contribution is -2.11. The number of nitrogens with zero attached hydrogens (tertiary/aromatic N) is 1. The van der Waals surface area contributed by atoms with Crippen LogP contribution in [0.3, 0.4) is 0 Å². The summed E-state index contributed by atoms with van der Waals surface area (Å²) in [6.07, 6.45) is 0. The Labute approximate surface area is 132 Å². The second kappa shape index (κ2) is 7.55. The average Bonchev–Trinajstić information content (AvgIpc) is 2.53. The highest BCUT2D eigenvalue weighted by molar-refractivity contribution is 9.10. The van der Waals surface area contributed by atoms with Crippen molar-refractivity contribution in [3.05, 3.63) is 52.5 Å². The van der Waals surface area contributed by atoms with E-state index in [2.05, 4.69) is 27.3 Å². The van der Waals surface area contributed by atoms with Crippen LogP contribution in [-0.4, -0.2) is 20.3 Å². The quantitative estimate of drug-likeness (QED) is 0.807. The second-order valence-corrected chi connectivity index (χ2v) is 5.11. The largest absolute Gasteiger partial charge is 0.497 e. The molecule has 4 nitrogen and oxygen atoms in total. The summed E-state index contributed by atoms with van der Waals surface area (Å²) in [4.78, 5) is 0. The van der Waals surface area contributed by atoms with E-state index in [4.69, 9.17) is 14.7 Å². The molecule has 0 unspecified atom stereocenters. The van der Waals surface area contributed by atoms with Crippen molar-refractivity contribution in [2.24, 2.45) is 0 Å². The molecule has 108 valence electrons. The fourth-order valence-electron chi connectivity index (χ4n) is 1.75. The number of anilines is 1. The molecule has 0 aliphatic heterocycles. The molecule has 0 aromatic heterocycles. The minimum absolute atomic E-state index is 0.523. The van der Waals surface area contributed by atoms with Crippen LogP contribution in [0.2, 0.25) is 0 Å². The maximum absolute atomic E-state index is 8.72. The number of hydrogen-bond donors (Lipinski definition) is 1. The number of halogens is 1. The van der Waals surface area contributed by atoms with Gasteiger partial charge in [0.2, 0.25) is 0 Å². The molecule has 2 aromatic carbocycles. The molecule has 2 rings (SSSR count). The molecule has 0 fully saturated rings. The molecule has 0 aliphatic carbocycles. The fourth-order valence-corrected chi connectivity index (χ4v) is 2.13. The van der Waals surface area contributed by atoms with Gasteiger partial charge in [0.05, 0.1) is 24.4 Å². The van der Waals surface area contributed by atoms with Gasteiger partial charge in [-0.15, -0.1) is 0 Å². The van der Waals surface area contributed by atoms with E-state index in [-0.39, 0.29) is 0 Å². The Balaban J connectivity index is 1.83. The summed E-state index contributed by atoms with van der Waals surface area (Å²) in [5.41, 5.74) is 1.58. The third-order valence-electron chi connectivity index (χ3n) is 2.84. The van der Waals surface area contributed by atoms with Gasteiger partial charge in [0.25, 0.3) is 0 Å². The van der Waals surface area contributed by atoms with Crippen molar-refractivity contribution in [2.45, 2.75) is 0 Å². The van der Waals surface area contributed by atoms with Gasteiger partial charge in [-0.2, -0.15) is 5.26 Å². The Morgan fingerprint density at radius 3 is 2.52 bits per heavy atom. The van der Waals surface area contributed by atoms with E-state index in [1.165, 1.54) is 0 Å². The molecule has 0 heterocycles. The maximum atomic E-state index is 8.72. The zero-order valence-electron chi connectivity index (χ0n) is 11.6. The highest BCUT2D eigenvalue weighted by atomic mass is 79.9. The van der Waals surface area contributed by atoms with Crippen molar-refractivity contribution in [1.29, 1.82) is 5.26 Å². The molecule has 0 radical (unpaired) electrons. The van der Waals surface area contributed by atoms with Crippen LogP contribution < -0.4 is 14.8 Å². The first kappa shape index (κ1) is 15.2. The second-order valence-electron chi connectivity index (χ2n) is 4.26. The molecule has 0 saturated heterocycles. The van der Waals surface area contributed by atoms with Gasteiger partial charge in [-0.25, -0.2) is 0 Å². The molecule has 0 aliphatic rings. The summed E-state index contributed by atoms with van der Waals surface area (Å²) >= 11 is 3.48. The third-order valence-corrected chi connectivity index (χ3v) is 3.53. The summed E-state index contributed by atoms with van der Waals surface area (Å²) in [6.45, 7) is 1.18. The maximum Gasteiger partial charge on any atom is 0.121 e. The molecule has 5 heteroatoms. The van der Waals surface area contributed by atoms with Gasteiger partial charge in [-0.3, -0.25) is 0 Å². The molecule has 0 bridgehead atoms. The summed E-state index contributed by atoms with van der Waals surface area (Å²) in [6, 6.07) is 14.9. The molecule has 2 aromatic rings. The first-order valence-electron chi connectivity index (χ1n) is 6.43. The number of hydrogen-bond acceptors (Lipinski definition) is 4. The normalized spacial score (nSPS) is 9.76. The average molecular weight is 347 g/mol. The van der Waals surface area contributed by atoms with Gasteiger partial charge in [0.15, 0.2) is 0 Å². The summed E-state index contributed by atoms with van der Waals surface area (Å²) in [7, 11) is 1.64. The standard InChI is InChI=1S/C16H15BrN2O2/c1-20-14-6-7-15(17)16(10-14)19-8-9-21-13-4-2-12(11-18)3-5-13/h2-7,10,19H,8-9H2,1H3. The van der Waals surface area contributed by atoms with Crippen LogP contribution >= 0.6 is 15.9 Å². The van der Waals surface area contributed by atoms with Crippen LogP contribution in [0.15, 0.2) is 46.9 Å². The van der Waals surface area contributed by atoms with Gasteiger partial charge in [0.1, 0.15) is 18.1 Å². The lowest BCUT2D eigenvalue weighted by Gasteiger charge is -2.11. The number of ether oxygens (including phenoxy) is 2. The Bertz CT molecular complexity index is 636. The highest BCUT2D eigenvalue weighted by Crippen LogP contribution is 2.26. The minimum Gasteiger partial charge on any atom is -0.497 e. The number of rotatable bonds is 6. The van der Waals surface area contributed by atoms with Crippen molar-refractivity contribution < 1.29 is 9.47 Å². The molecule has 0 amide bonds. The van der Waals surface area contributed by atoms with Crippen molar-refractivity contribution in [2.75, 3.05) is 25.6 Å². The molecule has 0 saturated carbocycles. The van der Waals surface area contributed by atoms with Crippen LogP contribution in [0, 0.1) is 11.3 Å². The van der Waals surface area contributed by atoms with E-state index in [1.54, 1.807) is 31.4 Å². The predicted octanol–water partition coefficient (Wildman–Crippen LogP) is 3.82. The predicted molar refractivity (Wildman–Crippen MR) is 85.8 cm³/mol. The zero-order chi connectivity index (χ0) is 15.1. The van der Waals surface area contributed by atoms with Crippen LogP contribution in [0.25, 0.3) is 0 Å². The topological polar surface area (TPSA) is 54.3 Å². The van der Waals surface area contributed by atoms with E-state index < -0.39 is 0 Å². The van der Waals surface area contributed by atoms with Crippen LogP contribution in [0.4, 0.5) is 5.69 Å². The lowest BCUT2D eigenvalue weighted by atomic mass is 10.2. The smallest absolute Gasteiger partial charge is 0.121 e. The van der Waals surface area contributed by atoms with E-state index in [9.17, 15) is 0 Å². The number of nitriles is 1. The molecular weight excluding hydrogens is 332 g/mol. The van der Waals surface area contributed by atoms with Crippen molar-refractivity contribution in [3.63, 3.8) is 0 Å². The summed E-state index contributed by atoms with van der Waals surface area (Å²) in [5.74, 6) is 1.55. The van der Waals surface area contributed by atoms with E-state index in [0.717, 1.165) is 21.7 Å². The Morgan fingerprint density at radius 1 is 1.14 bits per heavy atom. The zero-order valence-corrected chi connectivity index (χ0v) is 13.2. The third kappa shape index (κ3) is 4.40. The van der Waals surface area contributed by atoms with E-state index in [0.29, 0.717) is 18.7 Å². The van der Waals surface area contributed by atoms with E-state index in [1.807, 2.05) is 18.2 Å². The molecule has 0 atom stereocenters. The van der Waals surface area contributed by atoms with Crippen LogP contribution in [0.5, 0.6) is 11.5 Å². The molecular formula is C16H15BrN2O2. The number of nitrogens with one attached hydrogen (secondary N) is 1. The lowest BCUT2D eigenvalue weighted by molar-refractivity contribution is 0.333. The molecule has 1 N–H and O–H groups in total. The fraction of sp³-hybridized carbons (Fsp3) is 0.188. The first-order valence-corrected chi connectivity index (χ1v) is 7.22. The van der Waals surface area contributed by atoms with Crippen molar-refractivity contribution in [1.82, 2.24) is 0 Å². The van der Waals surface area contributed by atoms with Gasteiger partial charge >= 0.3 is 0 Å². The van der Waals surface area contributed by atoms with Gasteiger partial charge < -0.3 is 14.8 Å². The Hall–Kier alpha value is -2.19. The monoisotopic (exact) mass is 346 g/mol. The molecule has 21 heavy (non-hydrogen) atoms. The first-order chi connectivity index (χ1) is 10.2. The molecule has 0 spiro atoms. The number of methoxy groups -OCH3 is 1. The number of benzene rings is 2. The van der Waals surface area contributed by atoms with Crippen molar-refractivity contribution >= 4 is 21.6 Å². The van der Waals surface area contributed by atoms with Crippen molar-refractivity contribution in [3.8, 4) is 17.6 Å². The minimum atomic E-state index is 0.523. The Morgan fingerprint density at radius 2 is 1.86 bits per heavy atom. The van der Waals surface area contributed by atoms with Gasteiger partial charge in [-0.1, -0.05) is 0 Å². The van der Waals surface area contributed by atoms with Crippen LogP contribution in [-0.2, 0) is 0 Å². The van der Waals surface area contributed by atoms with Gasteiger partial charge in [0, 0.05) is 17.1 Å². The summed E-state index contributed by atoms with van der Waals surface area (Å²) < 4.78 is 11.8. The SMILES string of the molecule is COc1ccc(Br)c(NCCOc2ccc(C#N)cc2)c1. The van der Waals surface area contributed by atoms with E-state index >= 15 is 0 Å². The van der Waals surface area contributed by atoms with Crippen LogP contribution in [0.1, 0.15) is 5.56 Å². The highest BCUT2D eigenvalue weighted by Gasteiger charge is 2.01. The van der Waals surface area contributed by atoms with Gasteiger partial charge in [-0.05, 0) is 52.3 Å². The summed E-state index contributed by atoms with van der Waals surface area (Å²) in [5, 5.41) is 12.0.